The molecule has 1 amide bonds. The number of nitrogens with zero attached hydrogens (tertiary/aromatic N) is 1. The summed E-state index contributed by atoms with van der Waals surface area (Å²) in [7, 11) is 1.98. The lowest BCUT2D eigenvalue weighted by atomic mass is 9.57. The predicted octanol–water partition coefficient (Wildman–Crippen LogP) is 4.15. The van der Waals surface area contributed by atoms with Gasteiger partial charge in [0.15, 0.2) is 0 Å². The van der Waals surface area contributed by atoms with Crippen molar-refractivity contribution in [2.75, 3.05) is 13.7 Å². The highest BCUT2D eigenvalue weighted by Crippen LogP contribution is 2.54. The lowest BCUT2D eigenvalue weighted by molar-refractivity contribution is -0.139. The van der Waals surface area contributed by atoms with Gasteiger partial charge in [0, 0.05) is 35.9 Å². The van der Waals surface area contributed by atoms with Gasteiger partial charge in [-0.05, 0) is 30.9 Å². The molecule has 0 radical (unpaired) electrons. The largest absolute Gasteiger partial charge is 0.377 e. The first-order valence-corrected chi connectivity index (χ1v) is 9.73. The lowest BCUT2D eigenvalue weighted by Gasteiger charge is -2.57. The molecule has 1 aromatic heterocycles. The van der Waals surface area contributed by atoms with Crippen LogP contribution in [0, 0.1) is 11.3 Å². The minimum Gasteiger partial charge on any atom is -0.377 e. The molecular formula is C19H29NO2S. The molecule has 1 aliphatic heterocycles. The number of thiophene rings is 1. The molecule has 0 aromatic carbocycles. The smallest absolute Gasteiger partial charge is 0.263 e. The van der Waals surface area contributed by atoms with E-state index in [-0.39, 0.29) is 11.3 Å². The van der Waals surface area contributed by atoms with E-state index >= 15 is 0 Å². The van der Waals surface area contributed by atoms with Crippen LogP contribution in [0.3, 0.4) is 0 Å². The second-order valence-electron chi connectivity index (χ2n) is 7.59. The molecule has 2 fully saturated rings. The Hall–Kier alpha value is -0.870. The molecule has 1 saturated heterocycles. The minimum atomic E-state index is 0.0582. The number of hydrogen-bond donors (Lipinski definition) is 0. The molecule has 2 heterocycles. The van der Waals surface area contributed by atoms with Crippen molar-refractivity contribution >= 4 is 17.2 Å². The summed E-state index contributed by atoms with van der Waals surface area (Å²) in [6.07, 6.45) is 4.64. The highest BCUT2D eigenvalue weighted by Gasteiger charge is 2.61. The van der Waals surface area contributed by atoms with Crippen LogP contribution in [-0.2, 0) is 17.6 Å². The number of rotatable bonds is 5. The standard InChI is InChI=1S/C19H29NO2S/c1-6-8-14-12(7-2)11-15(23-14)18(21)20(5)16-13-9-10-22-17(13)19(16,3)4/h11,13,16-17H,6-10H2,1-5H3/t13-,16-,17-/m1/s1. The molecule has 3 atom stereocenters. The van der Waals surface area contributed by atoms with Gasteiger partial charge in [0.2, 0.25) is 0 Å². The molecule has 0 bridgehead atoms. The molecule has 0 unspecified atom stereocenters. The molecule has 0 N–H and O–H groups in total. The van der Waals surface area contributed by atoms with Crippen LogP contribution in [0.25, 0.3) is 0 Å². The van der Waals surface area contributed by atoms with Gasteiger partial charge < -0.3 is 9.64 Å². The van der Waals surface area contributed by atoms with Gasteiger partial charge in [0.1, 0.15) is 0 Å². The Morgan fingerprint density at radius 1 is 1.43 bits per heavy atom. The van der Waals surface area contributed by atoms with Gasteiger partial charge in [0.25, 0.3) is 5.91 Å². The Labute approximate surface area is 144 Å². The first-order chi connectivity index (χ1) is 10.9. The van der Waals surface area contributed by atoms with Crippen LogP contribution in [0.2, 0.25) is 0 Å². The monoisotopic (exact) mass is 335 g/mol. The van der Waals surface area contributed by atoms with E-state index in [2.05, 4.69) is 33.8 Å². The third-order valence-corrected chi connectivity index (χ3v) is 6.97. The Morgan fingerprint density at radius 3 is 2.83 bits per heavy atom. The maximum absolute atomic E-state index is 13.0. The highest BCUT2D eigenvalue weighted by molar-refractivity contribution is 7.14. The van der Waals surface area contributed by atoms with Crippen LogP contribution in [0.15, 0.2) is 6.07 Å². The number of aryl methyl sites for hydroxylation is 2. The van der Waals surface area contributed by atoms with Crippen molar-refractivity contribution in [1.29, 1.82) is 0 Å². The van der Waals surface area contributed by atoms with Crippen LogP contribution < -0.4 is 0 Å². The van der Waals surface area contributed by atoms with Crippen molar-refractivity contribution in [1.82, 2.24) is 4.90 Å². The van der Waals surface area contributed by atoms with Gasteiger partial charge >= 0.3 is 0 Å². The second-order valence-corrected chi connectivity index (χ2v) is 8.73. The van der Waals surface area contributed by atoms with Crippen molar-refractivity contribution < 1.29 is 9.53 Å². The van der Waals surface area contributed by atoms with Crippen LogP contribution in [0.1, 0.15) is 60.6 Å². The summed E-state index contributed by atoms with van der Waals surface area (Å²) in [5.74, 6) is 0.704. The molecular weight excluding hydrogens is 306 g/mol. The summed E-state index contributed by atoms with van der Waals surface area (Å²) in [6, 6.07) is 2.42. The van der Waals surface area contributed by atoms with E-state index in [1.165, 1.54) is 10.4 Å². The molecule has 2 aliphatic rings. The van der Waals surface area contributed by atoms with E-state index in [1.54, 1.807) is 11.3 Å². The minimum absolute atomic E-state index is 0.0582. The maximum Gasteiger partial charge on any atom is 0.263 e. The summed E-state index contributed by atoms with van der Waals surface area (Å²) in [5.41, 5.74) is 1.41. The van der Waals surface area contributed by atoms with E-state index in [9.17, 15) is 4.79 Å². The molecule has 128 valence electrons. The SMILES string of the molecule is CCCc1sc(C(=O)N(C)[C@@H]2[C@H]3CCO[C@H]3C2(C)C)cc1CC. The van der Waals surface area contributed by atoms with Gasteiger partial charge in [0.05, 0.1) is 11.0 Å². The van der Waals surface area contributed by atoms with E-state index in [0.717, 1.165) is 37.2 Å². The number of carbonyl (C=O) groups excluding carboxylic acids is 1. The molecule has 1 saturated carbocycles. The van der Waals surface area contributed by atoms with Gasteiger partial charge in [-0.25, -0.2) is 0 Å². The molecule has 1 aromatic rings. The van der Waals surface area contributed by atoms with Crippen LogP contribution in [0.4, 0.5) is 0 Å². The van der Waals surface area contributed by atoms with Crippen LogP contribution in [0.5, 0.6) is 0 Å². The zero-order valence-corrected chi connectivity index (χ0v) is 15.8. The van der Waals surface area contributed by atoms with Gasteiger partial charge in [-0.3, -0.25) is 4.79 Å². The average Bonchev–Trinajstić information content (AvgIpc) is 3.12. The van der Waals surface area contributed by atoms with Crippen molar-refractivity contribution in [2.45, 2.75) is 65.5 Å². The van der Waals surface area contributed by atoms with Gasteiger partial charge in [-0.15, -0.1) is 11.3 Å². The number of carbonyl (C=O) groups is 1. The summed E-state index contributed by atoms with van der Waals surface area (Å²) >= 11 is 1.70. The quantitative estimate of drug-likeness (QED) is 0.809. The normalized spacial score (nSPS) is 28.3. The number of ether oxygens (including phenoxy) is 1. The fourth-order valence-corrected chi connectivity index (χ4v) is 6.03. The summed E-state index contributed by atoms with van der Waals surface area (Å²) < 4.78 is 5.87. The average molecular weight is 336 g/mol. The Morgan fingerprint density at radius 2 is 2.17 bits per heavy atom. The summed E-state index contributed by atoms with van der Waals surface area (Å²) in [5, 5.41) is 0. The number of amides is 1. The van der Waals surface area contributed by atoms with Crippen LogP contribution in [-0.4, -0.2) is 36.6 Å². The molecule has 3 rings (SSSR count). The van der Waals surface area contributed by atoms with Crippen LogP contribution >= 0.6 is 11.3 Å². The molecule has 3 nitrogen and oxygen atoms in total. The summed E-state index contributed by atoms with van der Waals surface area (Å²) in [6.45, 7) is 9.69. The summed E-state index contributed by atoms with van der Waals surface area (Å²) in [4.78, 5) is 17.3. The first-order valence-electron chi connectivity index (χ1n) is 8.92. The molecule has 0 spiro atoms. The Kier molecular flexibility index (Phi) is 4.58. The van der Waals surface area contributed by atoms with Gasteiger partial charge in [-0.1, -0.05) is 34.1 Å². The fraction of sp³-hybridized carbons (Fsp3) is 0.737. The molecule has 23 heavy (non-hydrogen) atoms. The van der Waals surface area contributed by atoms with Crippen molar-refractivity contribution in [3.8, 4) is 0 Å². The van der Waals surface area contributed by atoms with Crippen molar-refractivity contribution in [3.05, 3.63) is 21.4 Å². The van der Waals surface area contributed by atoms with E-state index in [1.807, 2.05) is 11.9 Å². The third kappa shape index (κ3) is 2.64. The predicted molar refractivity (Wildman–Crippen MR) is 95.2 cm³/mol. The third-order valence-electron chi connectivity index (χ3n) is 5.74. The van der Waals surface area contributed by atoms with E-state index in [0.29, 0.717) is 18.1 Å². The van der Waals surface area contributed by atoms with Crippen molar-refractivity contribution in [3.63, 3.8) is 0 Å². The fourth-order valence-electron chi connectivity index (χ4n) is 4.69. The van der Waals surface area contributed by atoms with Gasteiger partial charge in [-0.2, -0.15) is 0 Å². The van der Waals surface area contributed by atoms with Crippen molar-refractivity contribution in [2.24, 2.45) is 11.3 Å². The zero-order valence-electron chi connectivity index (χ0n) is 15.0. The molecule has 1 aliphatic carbocycles. The lowest BCUT2D eigenvalue weighted by Crippen LogP contribution is -2.66. The Bertz CT molecular complexity index is 592. The number of fused-ring (bicyclic) bond motifs is 1. The topological polar surface area (TPSA) is 29.5 Å². The van der Waals surface area contributed by atoms with E-state index < -0.39 is 0 Å². The highest BCUT2D eigenvalue weighted by atomic mass is 32.1. The maximum atomic E-state index is 13.0. The molecule has 4 heteroatoms. The van der Waals surface area contributed by atoms with E-state index in [4.69, 9.17) is 4.74 Å². The second kappa shape index (κ2) is 6.21. The number of hydrogen-bond acceptors (Lipinski definition) is 3. The first kappa shape index (κ1) is 17.0. The Balaban J connectivity index is 1.80. The zero-order chi connectivity index (χ0) is 16.8.